The van der Waals surface area contributed by atoms with Gasteiger partial charge in [0.15, 0.2) is 0 Å². The Morgan fingerprint density at radius 2 is 1.70 bits per heavy atom. The summed E-state index contributed by atoms with van der Waals surface area (Å²) >= 11 is 0. The first-order chi connectivity index (χ1) is 15.3. The van der Waals surface area contributed by atoms with Gasteiger partial charge in [-0.25, -0.2) is 19.6 Å². The Hall–Kier alpha value is -2.81. The summed E-state index contributed by atoms with van der Waals surface area (Å²) in [4.78, 5) is 49.4. The highest BCUT2D eigenvalue weighted by atomic mass is 35.5. The van der Waals surface area contributed by atoms with Crippen LogP contribution in [0.2, 0.25) is 0 Å². The van der Waals surface area contributed by atoms with Crippen molar-refractivity contribution in [1.29, 1.82) is 0 Å². The molecule has 0 aromatic carbocycles. The van der Waals surface area contributed by atoms with Crippen molar-refractivity contribution in [3.05, 3.63) is 29.6 Å². The summed E-state index contributed by atoms with van der Waals surface area (Å²) in [6, 6.07) is 4.34. The molecule has 1 amide bonds. The number of carbonyl (C=O) groups is 3. The Bertz CT molecular complexity index is 747. The fourth-order valence-electron chi connectivity index (χ4n) is 2.11. The van der Waals surface area contributed by atoms with Gasteiger partial charge in [-0.1, -0.05) is 6.07 Å². The zero-order valence-corrected chi connectivity index (χ0v) is 21.1. The summed E-state index contributed by atoms with van der Waals surface area (Å²) in [7, 11) is 4.12. The Labute approximate surface area is 202 Å². The third-order valence-electron chi connectivity index (χ3n) is 3.64. The van der Waals surface area contributed by atoms with Gasteiger partial charge in [0.1, 0.15) is 5.69 Å². The van der Waals surface area contributed by atoms with Crippen LogP contribution in [0.15, 0.2) is 28.3 Å². The average molecular weight is 486 g/mol. The van der Waals surface area contributed by atoms with E-state index in [0.717, 1.165) is 31.6 Å². The number of amides is 1. The molecule has 0 radical (unpaired) electrons. The molecule has 0 aliphatic heterocycles. The van der Waals surface area contributed by atoms with E-state index in [9.17, 15) is 14.4 Å². The van der Waals surface area contributed by atoms with Gasteiger partial charge in [0.2, 0.25) is 6.04 Å². The molecule has 1 N–H and O–H groups in total. The number of aromatic nitrogens is 1. The fourth-order valence-corrected chi connectivity index (χ4v) is 2.11. The number of hydrogen-bond donors (Lipinski definition) is 1. The van der Waals surface area contributed by atoms with Crippen LogP contribution >= 0.6 is 12.4 Å². The summed E-state index contributed by atoms with van der Waals surface area (Å²) in [5.41, 5.74) is 0.984. The molecular formula is C22H36ClN5O5. The van der Waals surface area contributed by atoms with Crippen molar-refractivity contribution in [1.82, 2.24) is 15.2 Å². The predicted octanol–water partition coefficient (Wildman–Crippen LogP) is 2.17. The van der Waals surface area contributed by atoms with Crippen molar-refractivity contribution in [2.24, 2.45) is 9.98 Å². The molecule has 1 aromatic heterocycles. The van der Waals surface area contributed by atoms with Gasteiger partial charge in [0.05, 0.1) is 25.8 Å². The lowest BCUT2D eigenvalue weighted by molar-refractivity contribution is -0.157. The Morgan fingerprint density at radius 3 is 2.15 bits per heavy atom. The molecule has 0 aliphatic rings. The number of aliphatic imine (C=N–C) groups is 2. The molecule has 1 rings (SSSR count). The minimum Gasteiger partial charge on any atom is -0.464 e. The van der Waals surface area contributed by atoms with Crippen molar-refractivity contribution in [3.8, 4) is 0 Å². The van der Waals surface area contributed by atoms with Gasteiger partial charge in [-0.15, -0.1) is 12.4 Å². The van der Waals surface area contributed by atoms with Crippen molar-refractivity contribution >= 4 is 36.3 Å². The molecule has 0 aliphatic carbocycles. The van der Waals surface area contributed by atoms with E-state index in [-0.39, 0.29) is 31.3 Å². The maximum atomic E-state index is 12.0. The van der Waals surface area contributed by atoms with Gasteiger partial charge in [-0.05, 0) is 66.4 Å². The lowest BCUT2D eigenvalue weighted by Crippen LogP contribution is -2.48. The van der Waals surface area contributed by atoms with Gasteiger partial charge in [-0.2, -0.15) is 0 Å². The number of carbonyl (C=O) groups excluding carboxylic acids is 3. The SMILES string of the molecule is CCN=C=NCCCN(C)C.CCOC(=O)C(NC(=O)c1ccc(C)cn1)C(=O)OCC.Cl. The van der Waals surface area contributed by atoms with Crippen molar-refractivity contribution < 1.29 is 23.9 Å². The molecule has 0 spiro atoms. The van der Waals surface area contributed by atoms with Gasteiger partial charge >= 0.3 is 11.9 Å². The number of aryl methyl sites for hydroxylation is 1. The first-order valence-electron chi connectivity index (χ1n) is 10.6. The maximum absolute atomic E-state index is 12.0. The first-order valence-corrected chi connectivity index (χ1v) is 10.6. The molecular weight excluding hydrogens is 450 g/mol. The lowest BCUT2D eigenvalue weighted by atomic mass is 10.2. The van der Waals surface area contributed by atoms with Crippen LogP contribution in [-0.2, 0) is 19.1 Å². The van der Waals surface area contributed by atoms with Gasteiger partial charge in [-0.3, -0.25) is 9.78 Å². The molecule has 0 unspecified atom stereocenters. The molecule has 186 valence electrons. The number of pyridine rings is 1. The van der Waals surface area contributed by atoms with Gasteiger partial charge < -0.3 is 19.7 Å². The molecule has 10 nitrogen and oxygen atoms in total. The van der Waals surface area contributed by atoms with E-state index in [2.05, 4.69) is 45.3 Å². The van der Waals surface area contributed by atoms with Crippen LogP contribution in [0.1, 0.15) is 43.2 Å². The highest BCUT2D eigenvalue weighted by molar-refractivity contribution is 6.05. The fraction of sp³-hybridized carbons (Fsp3) is 0.591. The molecule has 0 fully saturated rings. The third-order valence-corrected chi connectivity index (χ3v) is 3.64. The van der Waals surface area contributed by atoms with E-state index >= 15 is 0 Å². The number of halogens is 1. The molecule has 11 heteroatoms. The van der Waals surface area contributed by atoms with E-state index in [1.54, 1.807) is 19.9 Å². The summed E-state index contributed by atoms with van der Waals surface area (Å²) < 4.78 is 9.50. The number of nitrogens with zero attached hydrogens (tertiary/aromatic N) is 4. The van der Waals surface area contributed by atoms with Crippen molar-refractivity contribution in [2.75, 3.05) is 46.9 Å². The quantitative estimate of drug-likeness (QED) is 0.220. The largest absolute Gasteiger partial charge is 0.464 e. The number of ether oxygens (including phenoxy) is 2. The van der Waals surface area contributed by atoms with Crippen LogP contribution in [0.3, 0.4) is 0 Å². The second-order valence-corrected chi connectivity index (χ2v) is 6.74. The van der Waals surface area contributed by atoms with E-state index in [4.69, 9.17) is 9.47 Å². The maximum Gasteiger partial charge on any atom is 0.340 e. The standard InChI is InChI=1S/C14H18N2O5.C8H17N3.ClH/c1-4-20-13(18)11(14(19)21-5-2)16-12(17)10-7-6-9(3)8-15-10;1-4-9-8-10-6-5-7-11(2)3;/h6-8,11H,4-5H2,1-3H3,(H,16,17);4-7H2,1-3H3;1H. The first kappa shape index (κ1) is 32.4. The summed E-state index contributed by atoms with van der Waals surface area (Å²) in [6.07, 6.45) is 2.60. The second kappa shape index (κ2) is 19.8. The second-order valence-electron chi connectivity index (χ2n) is 6.74. The van der Waals surface area contributed by atoms with Crippen LogP contribution in [0.25, 0.3) is 0 Å². The minimum atomic E-state index is -1.50. The molecule has 0 bridgehead atoms. The smallest absolute Gasteiger partial charge is 0.340 e. The predicted molar refractivity (Wildman–Crippen MR) is 129 cm³/mol. The number of hydrogen-bond acceptors (Lipinski definition) is 9. The van der Waals surface area contributed by atoms with Crippen LogP contribution < -0.4 is 5.32 Å². The summed E-state index contributed by atoms with van der Waals surface area (Å²) in [5, 5.41) is 2.27. The zero-order chi connectivity index (χ0) is 24.4. The Kier molecular flexibility index (Phi) is 19.5. The monoisotopic (exact) mass is 485 g/mol. The van der Waals surface area contributed by atoms with Crippen LogP contribution in [0.4, 0.5) is 0 Å². The number of esters is 2. The normalized spacial score (nSPS) is 9.58. The van der Waals surface area contributed by atoms with Crippen LogP contribution in [-0.4, -0.2) is 86.7 Å². The number of nitrogens with one attached hydrogen (secondary N) is 1. The van der Waals surface area contributed by atoms with Gasteiger partial charge in [0.25, 0.3) is 5.91 Å². The van der Waals surface area contributed by atoms with Gasteiger partial charge in [0, 0.05) is 12.7 Å². The molecule has 33 heavy (non-hydrogen) atoms. The minimum absolute atomic E-state index is 0. The summed E-state index contributed by atoms with van der Waals surface area (Å²) in [5.74, 6) is -2.38. The molecule has 0 saturated heterocycles. The van der Waals surface area contributed by atoms with Crippen LogP contribution in [0, 0.1) is 6.92 Å². The van der Waals surface area contributed by atoms with E-state index in [0.29, 0.717) is 0 Å². The molecule has 1 heterocycles. The average Bonchev–Trinajstić information content (AvgIpc) is 2.75. The zero-order valence-electron chi connectivity index (χ0n) is 20.3. The van der Waals surface area contributed by atoms with E-state index in [1.807, 2.05) is 13.8 Å². The lowest BCUT2D eigenvalue weighted by Gasteiger charge is -2.15. The molecule has 0 atom stereocenters. The topological polar surface area (TPSA) is 123 Å². The Balaban J connectivity index is 0. The third kappa shape index (κ3) is 15.6. The van der Waals surface area contributed by atoms with Crippen molar-refractivity contribution in [3.63, 3.8) is 0 Å². The Morgan fingerprint density at radius 1 is 1.09 bits per heavy atom. The molecule has 1 aromatic rings. The number of rotatable bonds is 11. The summed E-state index contributed by atoms with van der Waals surface area (Å²) in [6.45, 7) is 9.88. The van der Waals surface area contributed by atoms with Crippen molar-refractivity contribution in [2.45, 2.75) is 40.2 Å². The van der Waals surface area contributed by atoms with E-state index < -0.39 is 23.9 Å². The van der Waals surface area contributed by atoms with Crippen LogP contribution in [0.5, 0.6) is 0 Å². The highest BCUT2D eigenvalue weighted by Crippen LogP contribution is 2.01. The highest BCUT2D eigenvalue weighted by Gasteiger charge is 2.31. The molecule has 0 saturated carbocycles. The van der Waals surface area contributed by atoms with E-state index in [1.165, 1.54) is 12.3 Å².